The summed E-state index contributed by atoms with van der Waals surface area (Å²) in [6.07, 6.45) is 10.7. The molecule has 0 spiro atoms. The molecule has 1 aromatic heterocycles. The van der Waals surface area contributed by atoms with Gasteiger partial charge in [0.05, 0.1) is 11.4 Å². The SMILES string of the molecule is Cc1ncccc1NC(=O)CC12CC3CC(CC(C3)C1)C2. The molecule has 5 rings (SSSR count). The van der Waals surface area contributed by atoms with Gasteiger partial charge in [-0.25, -0.2) is 0 Å². The maximum Gasteiger partial charge on any atom is 0.224 e. The molecule has 0 aliphatic heterocycles. The first-order chi connectivity index (χ1) is 10.1. The van der Waals surface area contributed by atoms with E-state index in [1.807, 2.05) is 19.1 Å². The van der Waals surface area contributed by atoms with Crippen LogP contribution < -0.4 is 5.32 Å². The summed E-state index contributed by atoms with van der Waals surface area (Å²) in [6.45, 7) is 1.94. The number of aryl methyl sites for hydroxylation is 1. The van der Waals surface area contributed by atoms with Crippen LogP contribution in [0.5, 0.6) is 0 Å². The summed E-state index contributed by atoms with van der Waals surface area (Å²) in [6, 6.07) is 3.83. The number of carbonyl (C=O) groups is 1. The van der Waals surface area contributed by atoms with Crippen molar-refractivity contribution >= 4 is 11.6 Å². The van der Waals surface area contributed by atoms with E-state index in [-0.39, 0.29) is 5.91 Å². The highest BCUT2D eigenvalue weighted by Gasteiger charge is 2.51. The third kappa shape index (κ3) is 2.47. The van der Waals surface area contributed by atoms with Crippen LogP contribution in [0, 0.1) is 30.1 Å². The van der Waals surface area contributed by atoms with Crippen molar-refractivity contribution in [3.8, 4) is 0 Å². The first-order valence-electron chi connectivity index (χ1n) is 8.33. The van der Waals surface area contributed by atoms with Crippen LogP contribution >= 0.6 is 0 Å². The second kappa shape index (κ2) is 4.82. The van der Waals surface area contributed by atoms with Crippen molar-refractivity contribution in [1.82, 2.24) is 4.98 Å². The summed E-state index contributed by atoms with van der Waals surface area (Å²) >= 11 is 0. The summed E-state index contributed by atoms with van der Waals surface area (Å²) < 4.78 is 0. The van der Waals surface area contributed by atoms with Crippen LogP contribution in [0.2, 0.25) is 0 Å². The molecule has 0 aromatic carbocycles. The highest BCUT2D eigenvalue weighted by Crippen LogP contribution is 2.61. The van der Waals surface area contributed by atoms with E-state index in [1.165, 1.54) is 38.5 Å². The van der Waals surface area contributed by atoms with E-state index in [0.29, 0.717) is 11.8 Å². The minimum atomic E-state index is 0.188. The number of anilines is 1. The van der Waals surface area contributed by atoms with Crippen molar-refractivity contribution in [2.75, 3.05) is 5.32 Å². The molecule has 3 nitrogen and oxygen atoms in total. The van der Waals surface area contributed by atoms with Crippen molar-refractivity contribution < 1.29 is 4.79 Å². The molecule has 0 unspecified atom stereocenters. The van der Waals surface area contributed by atoms with E-state index in [2.05, 4.69) is 10.3 Å². The molecule has 4 aliphatic carbocycles. The Morgan fingerprint density at radius 2 is 1.86 bits per heavy atom. The maximum atomic E-state index is 12.5. The molecule has 1 amide bonds. The average molecular weight is 284 g/mol. The summed E-state index contributed by atoms with van der Waals surface area (Å²) in [5.41, 5.74) is 2.08. The zero-order valence-electron chi connectivity index (χ0n) is 12.8. The molecule has 4 aliphatic rings. The number of pyridine rings is 1. The molecule has 3 heteroatoms. The number of hydrogen-bond acceptors (Lipinski definition) is 2. The fourth-order valence-corrected chi connectivity index (χ4v) is 5.66. The number of carbonyl (C=O) groups excluding carboxylic acids is 1. The van der Waals surface area contributed by atoms with Gasteiger partial charge in [-0.1, -0.05) is 0 Å². The van der Waals surface area contributed by atoms with Crippen LogP contribution in [0.1, 0.15) is 50.6 Å². The van der Waals surface area contributed by atoms with Gasteiger partial charge in [0.15, 0.2) is 0 Å². The lowest BCUT2D eigenvalue weighted by Gasteiger charge is -2.56. The molecule has 0 atom stereocenters. The van der Waals surface area contributed by atoms with Gasteiger partial charge in [0.1, 0.15) is 0 Å². The van der Waals surface area contributed by atoms with E-state index in [4.69, 9.17) is 0 Å². The van der Waals surface area contributed by atoms with E-state index in [0.717, 1.165) is 29.1 Å². The fourth-order valence-electron chi connectivity index (χ4n) is 5.66. The smallest absolute Gasteiger partial charge is 0.224 e. The van der Waals surface area contributed by atoms with Gasteiger partial charge in [-0.05, 0) is 80.8 Å². The summed E-state index contributed by atoms with van der Waals surface area (Å²) in [5.74, 6) is 2.91. The Morgan fingerprint density at radius 1 is 1.24 bits per heavy atom. The number of rotatable bonds is 3. The Balaban J connectivity index is 1.46. The third-order valence-corrected chi connectivity index (χ3v) is 5.98. The minimum Gasteiger partial charge on any atom is -0.324 e. The van der Waals surface area contributed by atoms with Gasteiger partial charge in [-0.2, -0.15) is 0 Å². The monoisotopic (exact) mass is 284 g/mol. The Hall–Kier alpha value is -1.38. The highest BCUT2D eigenvalue weighted by atomic mass is 16.1. The molecule has 0 saturated heterocycles. The predicted molar refractivity (Wildman–Crippen MR) is 82.8 cm³/mol. The number of aromatic nitrogens is 1. The van der Waals surface area contributed by atoms with E-state index in [9.17, 15) is 4.79 Å². The first kappa shape index (κ1) is 13.3. The second-order valence-corrected chi connectivity index (χ2v) is 7.78. The van der Waals surface area contributed by atoms with E-state index >= 15 is 0 Å². The summed E-state index contributed by atoms with van der Waals surface area (Å²) in [4.78, 5) is 16.8. The Labute approximate surface area is 126 Å². The van der Waals surface area contributed by atoms with Crippen LogP contribution in [0.15, 0.2) is 18.3 Å². The lowest BCUT2D eigenvalue weighted by atomic mass is 9.49. The normalized spacial score (nSPS) is 36.7. The van der Waals surface area contributed by atoms with Crippen molar-refractivity contribution in [3.05, 3.63) is 24.0 Å². The summed E-state index contributed by atoms with van der Waals surface area (Å²) in [7, 11) is 0. The molecular formula is C18H24N2O. The van der Waals surface area contributed by atoms with Crippen molar-refractivity contribution in [1.29, 1.82) is 0 Å². The lowest BCUT2D eigenvalue weighted by molar-refractivity contribution is -0.124. The van der Waals surface area contributed by atoms with Crippen molar-refractivity contribution in [2.24, 2.45) is 23.2 Å². The van der Waals surface area contributed by atoms with Crippen LogP contribution in [-0.4, -0.2) is 10.9 Å². The first-order valence-corrected chi connectivity index (χ1v) is 8.33. The molecule has 1 heterocycles. The average Bonchev–Trinajstić information content (AvgIpc) is 2.39. The van der Waals surface area contributed by atoms with Crippen LogP contribution in [0.3, 0.4) is 0 Å². The minimum absolute atomic E-state index is 0.188. The molecule has 1 N–H and O–H groups in total. The molecular weight excluding hydrogens is 260 g/mol. The topological polar surface area (TPSA) is 42.0 Å². The third-order valence-electron chi connectivity index (χ3n) is 5.98. The second-order valence-electron chi connectivity index (χ2n) is 7.78. The molecule has 4 fully saturated rings. The van der Waals surface area contributed by atoms with Crippen LogP contribution in [0.4, 0.5) is 5.69 Å². The molecule has 1 aromatic rings. The quantitative estimate of drug-likeness (QED) is 0.913. The molecule has 112 valence electrons. The Morgan fingerprint density at radius 3 is 2.43 bits per heavy atom. The fraction of sp³-hybridized carbons (Fsp3) is 0.667. The van der Waals surface area contributed by atoms with Gasteiger partial charge < -0.3 is 5.32 Å². The van der Waals surface area contributed by atoms with Gasteiger partial charge >= 0.3 is 0 Å². The Bertz CT molecular complexity index is 531. The van der Waals surface area contributed by atoms with Crippen LogP contribution in [-0.2, 0) is 4.79 Å². The van der Waals surface area contributed by atoms with Gasteiger partial charge in [-0.15, -0.1) is 0 Å². The summed E-state index contributed by atoms with van der Waals surface area (Å²) in [5, 5.41) is 3.08. The van der Waals surface area contributed by atoms with Crippen LogP contribution in [0.25, 0.3) is 0 Å². The maximum absolute atomic E-state index is 12.5. The number of nitrogens with zero attached hydrogens (tertiary/aromatic N) is 1. The molecule has 0 radical (unpaired) electrons. The number of hydrogen-bond donors (Lipinski definition) is 1. The number of nitrogens with one attached hydrogen (secondary N) is 1. The van der Waals surface area contributed by atoms with Gasteiger partial charge in [0.2, 0.25) is 5.91 Å². The van der Waals surface area contributed by atoms with Crippen molar-refractivity contribution in [3.63, 3.8) is 0 Å². The van der Waals surface area contributed by atoms with E-state index in [1.54, 1.807) is 6.20 Å². The highest BCUT2D eigenvalue weighted by molar-refractivity contribution is 5.91. The van der Waals surface area contributed by atoms with Crippen molar-refractivity contribution in [2.45, 2.75) is 51.9 Å². The number of amides is 1. The van der Waals surface area contributed by atoms with Gasteiger partial charge in [0.25, 0.3) is 0 Å². The predicted octanol–water partition coefficient (Wildman–Crippen LogP) is 3.94. The molecule has 4 bridgehead atoms. The van der Waals surface area contributed by atoms with E-state index < -0.39 is 0 Å². The largest absolute Gasteiger partial charge is 0.324 e. The molecule has 4 saturated carbocycles. The lowest BCUT2D eigenvalue weighted by Crippen LogP contribution is -2.47. The zero-order valence-corrected chi connectivity index (χ0v) is 12.8. The molecule has 21 heavy (non-hydrogen) atoms. The van der Waals surface area contributed by atoms with Gasteiger partial charge in [-0.3, -0.25) is 9.78 Å². The van der Waals surface area contributed by atoms with Gasteiger partial charge in [0, 0.05) is 12.6 Å². The standard InChI is InChI=1S/C18H24N2O/c1-12-16(3-2-4-19-12)20-17(21)11-18-8-13-5-14(9-18)7-15(6-13)10-18/h2-4,13-15H,5-11H2,1H3,(H,20,21). The Kier molecular flexibility index (Phi) is 3.05. The zero-order chi connectivity index (χ0) is 14.4.